The van der Waals surface area contributed by atoms with Crippen molar-refractivity contribution >= 4 is 8.32 Å². The van der Waals surface area contributed by atoms with Crippen LogP contribution in [0.3, 0.4) is 0 Å². The van der Waals surface area contributed by atoms with Gasteiger partial charge in [-0.05, 0) is 38.4 Å². The van der Waals surface area contributed by atoms with Crippen LogP contribution in [-0.4, -0.2) is 14.4 Å². The zero-order chi connectivity index (χ0) is 9.19. The minimum atomic E-state index is -1.33. The summed E-state index contributed by atoms with van der Waals surface area (Å²) in [7, 11) is -1.33. The second-order valence-electron chi connectivity index (χ2n) is 4.77. The van der Waals surface area contributed by atoms with E-state index in [1.54, 1.807) is 0 Å². The lowest BCUT2D eigenvalue weighted by Crippen LogP contribution is -2.32. The van der Waals surface area contributed by atoms with Crippen molar-refractivity contribution in [1.29, 1.82) is 0 Å². The Morgan fingerprint density at radius 3 is 2.50 bits per heavy atom. The maximum absolute atomic E-state index is 6.00. The first kappa shape index (κ1) is 10.0. The van der Waals surface area contributed by atoms with Gasteiger partial charge in [-0.15, -0.1) is 0 Å². The van der Waals surface area contributed by atoms with Crippen LogP contribution in [0.15, 0.2) is 12.2 Å². The van der Waals surface area contributed by atoms with E-state index >= 15 is 0 Å². The molecule has 2 atom stereocenters. The van der Waals surface area contributed by atoms with Crippen LogP contribution in [0, 0.1) is 5.92 Å². The van der Waals surface area contributed by atoms with E-state index in [0.29, 0.717) is 6.10 Å². The predicted octanol–water partition coefficient (Wildman–Crippen LogP) is 3.19. The fraction of sp³-hybridized carbons (Fsp3) is 0.800. The number of rotatable bonds is 2. The van der Waals surface area contributed by atoms with Gasteiger partial charge in [-0.2, -0.15) is 0 Å². The van der Waals surface area contributed by atoms with E-state index in [4.69, 9.17) is 4.43 Å². The maximum atomic E-state index is 6.00. The quantitative estimate of drug-likeness (QED) is 0.473. The third-order valence-corrected chi connectivity index (χ3v) is 3.04. The molecule has 0 amide bonds. The van der Waals surface area contributed by atoms with Crippen molar-refractivity contribution < 1.29 is 4.43 Å². The molecule has 0 aliphatic heterocycles. The van der Waals surface area contributed by atoms with Crippen LogP contribution in [0.2, 0.25) is 19.6 Å². The summed E-state index contributed by atoms with van der Waals surface area (Å²) >= 11 is 0. The Bertz CT molecular complexity index is 169. The van der Waals surface area contributed by atoms with E-state index in [9.17, 15) is 0 Å². The van der Waals surface area contributed by atoms with Crippen LogP contribution in [0.25, 0.3) is 0 Å². The van der Waals surface area contributed by atoms with Gasteiger partial charge >= 0.3 is 0 Å². The van der Waals surface area contributed by atoms with Crippen molar-refractivity contribution in [2.75, 3.05) is 0 Å². The van der Waals surface area contributed by atoms with Gasteiger partial charge in [0.05, 0.1) is 6.10 Å². The van der Waals surface area contributed by atoms with Crippen molar-refractivity contribution in [2.45, 2.75) is 45.5 Å². The third-order valence-electron chi connectivity index (χ3n) is 2.03. The summed E-state index contributed by atoms with van der Waals surface area (Å²) in [6.07, 6.45) is 7.34. The topological polar surface area (TPSA) is 9.23 Å². The smallest absolute Gasteiger partial charge is 0.184 e. The van der Waals surface area contributed by atoms with Crippen LogP contribution in [0.1, 0.15) is 19.8 Å². The zero-order valence-corrected chi connectivity index (χ0v) is 9.63. The Balaban J connectivity index is 2.43. The second-order valence-corrected chi connectivity index (χ2v) is 9.23. The van der Waals surface area contributed by atoms with Gasteiger partial charge in [0.15, 0.2) is 8.32 Å². The molecule has 0 aromatic carbocycles. The molecule has 1 rings (SSSR count). The van der Waals surface area contributed by atoms with Crippen LogP contribution in [-0.2, 0) is 4.43 Å². The fourth-order valence-electron chi connectivity index (χ4n) is 1.58. The molecular formula is C10H20OSi. The summed E-state index contributed by atoms with van der Waals surface area (Å²) in [5.41, 5.74) is 0. The summed E-state index contributed by atoms with van der Waals surface area (Å²) in [4.78, 5) is 0. The van der Waals surface area contributed by atoms with E-state index in [1.807, 2.05) is 0 Å². The number of hydrogen-bond donors (Lipinski definition) is 0. The lowest BCUT2D eigenvalue weighted by Gasteiger charge is -2.28. The Kier molecular flexibility index (Phi) is 3.13. The minimum absolute atomic E-state index is 0.403. The van der Waals surface area contributed by atoms with Gasteiger partial charge in [0.25, 0.3) is 0 Å². The first-order valence-electron chi connectivity index (χ1n) is 4.82. The van der Waals surface area contributed by atoms with Crippen molar-refractivity contribution in [3.8, 4) is 0 Å². The van der Waals surface area contributed by atoms with Gasteiger partial charge in [-0.3, -0.25) is 0 Å². The standard InChI is InChI=1S/C10H20OSi/c1-9-6-5-7-10(8-9)11-12(2,3)4/h5,7,9-10H,6,8H2,1-4H3/t9-,10+/m1/s1. The molecule has 0 unspecified atom stereocenters. The van der Waals surface area contributed by atoms with Crippen molar-refractivity contribution in [3.63, 3.8) is 0 Å². The van der Waals surface area contributed by atoms with Gasteiger partial charge in [0.2, 0.25) is 0 Å². The maximum Gasteiger partial charge on any atom is 0.184 e. The molecular weight excluding hydrogens is 164 g/mol. The highest BCUT2D eigenvalue weighted by Crippen LogP contribution is 2.22. The van der Waals surface area contributed by atoms with E-state index in [2.05, 4.69) is 38.7 Å². The van der Waals surface area contributed by atoms with Gasteiger partial charge < -0.3 is 4.43 Å². The zero-order valence-electron chi connectivity index (χ0n) is 8.63. The normalized spacial score (nSPS) is 30.7. The van der Waals surface area contributed by atoms with Crippen molar-refractivity contribution in [1.82, 2.24) is 0 Å². The molecule has 1 aliphatic rings. The molecule has 1 aliphatic carbocycles. The molecule has 0 aromatic rings. The average molecular weight is 184 g/mol. The highest BCUT2D eigenvalue weighted by Gasteiger charge is 2.22. The monoisotopic (exact) mass is 184 g/mol. The van der Waals surface area contributed by atoms with Crippen LogP contribution < -0.4 is 0 Å². The van der Waals surface area contributed by atoms with Crippen LogP contribution >= 0.6 is 0 Å². The predicted molar refractivity (Wildman–Crippen MR) is 55.8 cm³/mol. The molecule has 0 heterocycles. The van der Waals surface area contributed by atoms with Gasteiger partial charge in [-0.1, -0.05) is 19.1 Å². The second kappa shape index (κ2) is 3.75. The Hall–Kier alpha value is -0.0831. The molecule has 0 fully saturated rings. The molecule has 70 valence electrons. The van der Waals surface area contributed by atoms with Gasteiger partial charge in [-0.25, -0.2) is 0 Å². The Morgan fingerprint density at radius 1 is 1.33 bits per heavy atom. The van der Waals surface area contributed by atoms with Crippen LogP contribution in [0.5, 0.6) is 0 Å². The van der Waals surface area contributed by atoms with E-state index in [-0.39, 0.29) is 0 Å². The average Bonchev–Trinajstić information content (AvgIpc) is 1.82. The summed E-state index contributed by atoms with van der Waals surface area (Å²) in [6.45, 7) is 9.05. The minimum Gasteiger partial charge on any atom is -0.411 e. The number of allylic oxidation sites excluding steroid dienone is 1. The lowest BCUT2D eigenvalue weighted by atomic mass is 9.95. The van der Waals surface area contributed by atoms with Crippen molar-refractivity contribution in [2.24, 2.45) is 5.92 Å². The Labute approximate surface area is 76.9 Å². The molecule has 0 saturated heterocycles. The van der Waals surface area contributed by atoms with Gasteiger partial charge in [0, 0.05) is 0 Å². The highest BCUT2D eigenvalue weighted by atomic mass is 28.4. The largest absolute Gasteiger partial charge is 0.411 e. The first-order chi connectivity index (χ1) is 5.47. The SMILES string of the molecule is C[C@@H]1CC=C[C@H](O[Si](C)(C)C)C1. The fourth-order valence-corrected chi connectivity index (χ4v) is 2.66. The van der Waals surface area contributed by atoms with E-state index in [0.717, 1.165) is 5.92 Å². The third kappa shape index (κ3) is 3.54. The molecule has 0 saturated carbocycles. The molecule has 1 nitrogen and oxygen atoms in total. The Morgan fingerprint density at radius 2 is 2.00 bits per heavy atom. The molecule has 0 aromatic heterocycles. The van der Waals surface area contributed by atoms with Crippen molar-refractivity contribution in [3.05, 3.63) is 12.2 Å². The molecule has 0 bridgehead atoms. The first-order valence-corrected chi connectivity index (χ1v) is 8.23. The summed E-state index contributed by atoms with van der Waals surface area (Å²) in [5, 5.41) is 0. The molecule has 0 spiro atoms. The van der Waals surface area contributed by atoms with Gasteiger partial charge in [0.1, 0.15) is 0 Å². The lowest BCUT2D eigenvalue weighted by molar-refractivity contribution is 0.201. The van der Waals surface area contributed by atoms with Crippen LogP contribution in [0.4, 0.5) is 0 Å². The van der Waals surface area contributed by atoms with E-state index in [1.165, 1.54) is 12.8 Å². The summed E-state index contributed by atoms with van der Waals surface area (Å²) in [5.74, 6) is 0.802. The molecule has 12 heavy (non-hydrogen) atoms. The van der Waals surface area contributed by atoms with E-state index < -0.39 is 8.32 Å². The summed E-state index contributed by atoms with van der Waals surface area (Å²) < 4.78 is 6.00. The number of hydrogen-bond acceptors (Lipinski definition) is 1. The highest BCUT2D eigenvalue weighted by molar-refractivity contribution is 6.69. The molecule has 0 N–H and O–H groups in total. The summed E-state index contributed by atoms with van der Waals surface area (Å²) in [6, 6.07) is 0. The molecule has 2 heteroatoms. The molecule has 0 radical (unpaired) electrons.